The molecule has 0 saturated heterocycles. The molecule has 3 N–H and O–H groups in total. The van der Waals surface area contributed by atoms with Crippen LogP contribution in [0.4, 0.5) is 4.79 Å². The number of amides is 2. The zero-order valence-corrected chi connectivity index (χ0v) is 12.8. The van der Waals surface area contributed by atoms with Crippen molar-refractivity contribution < 1.29 is 24.5 Å². The van der Waals surface area contributed by atoms with E-state index in [1.807, 2.05) is 0 Å². The number of urea groups is 1. The number of methoxy groups -OCH3 is 1. The van der Waals surface area contributed by atoms with Gasteiger partial charge in [0.05, 0.1) is 24.7 Å². The minimum absolute atomic E-state index is 0.131. The van der Waals surface area contributed by atoms with E-state index in [2.05, 4.69) is 5.32 Å². The smallest absolute Gasteiger partial charge is 0.317 e. The summed E-state index contributed by atoms with van der Waals surface area (Å²) in [5.41, 5.74) is -0.847. The number of carbonyl (C=O) groups excluding carboxylic acids is 1. The maximum absolute atomic E-state index is 12.0. The molecule has 0 aromatic heterocycles. The van der Waals surface area contributed by atoms with Crippen LogP contribution >= 0.6 is 0 Å². The molecule has 1 saturated carbocycles. The molecule has 122 valence electrons. The molecule has 7 heteroatoms. The van der Waals surface area contributed by atoms with Crippen molar-refractivity contribution in [1.29, 1.82) is 0 Å². The van der Waals surface area contributed by atoms with Gasteiger partial charge >= 0.3 is 12.0 Å². The van der Waals surface area contributed by atoms with Crippen LogP contribution in [0, 0.1) is 5.41 Å². The van der Waals surface area contributed by atoms with E-state index >= 15 is 0 Å². The molecule has 0 bridgehead atoms. The number of aliphatic hydroxyl groups excluding tert-OH is 1. The van der Waals surface area contributed by atoms with E-state index in [9.17, 15) is 19.8 Å². The van der Waals surface area contributed by atoms with E-state index in [-0.39, 0.29) is 25.7 Å². The van der Waals surface area contributed by atoms with Gasteiger partial charge in [0.15, 0.2) is 0 Å². The largest absolute Gasteiger partial charge is 0.481 e. The van der Waals surface area contributed by atoms with Crippen molar-refractivity contribution in [2.75, 3.05) is 33.9 Å². The van der Waals surface area contributed by atoms with Crippen molar-refractivity contribution in [2.24, 2.45) is 5.41 Å². The fraction of sp³-hybridized carbons (Fsp3) is 0.857. The number of aliphatic carboxylic acids is 1. The normalized spacial score (nSPS) is 18.8. The molecule has 0 heterocycles. The predicted octanol–water partition coefficient (Wildman–Crippen LogP) is 0.670. The molecule has 2 amide bonds. The lowest BCUT2D eigenvalue weighted by atomic mass is 9.74. The van der Waals surface area contributed by atoms with E-state index < -0.39 is 17.5 Å². The number of hydrogen-bond acceptors (Lipinski definition) is 4. The first-order chi connectivity index (χ1) is 9.91. The third-order valence-corrected chi connectivity index (χ3v) is 4.03. The second-order valence-electron chi connectivity index (χ2n) is 5.79. The molecule has 1 rings (SSSR count). The topological polar surface area (TPSA) is 99.1 Å². The van der Waals surface area contributed by atoms with Gasteiger partial charge in [0.25, 0.3) is 0 Å². The number of aliphatic hydroxyl groups is 1. The number of nitrogens with zero attached hydrogens (tertiary/aromatic N) is 1. The monoisotopic (exact) mass is 302 g/mol. The number of nitrogens with one attached hydrogen (secondary N) is 1. The van der Waals surface area contributed by atoms with Gasteiger partial charge in [0.1, 0.15) is 0 Å². The maximum atomic E-state index is 12.0. The van der Waals surface area contributed by atoms with Crippen LogP contribution in [0.3, 0.4) is 0 Å². The number of ether oxygens (including phenoxy) is 1. The first-order valence-corrected chi connectivity index (χ1v) is 7.30. The van der Waals surface area contributed by atoms with Crippen molar-refractivity contribution in [3.8, 4) is 0 Å². The molecular formula is C14H26N2O5. The SMILES string of the molecule is COCC(O)CN(C)C(=O)NCC1(C(=O)O)CCCCC1. The van der Waals surface area contributed by atoms with Crippen molar-refractivity contribution >= 4 is 12.0 Å². The molecule has 0 aromatic rings. The van der Waals surface area contributed by atoms with Gasteiger partial charge in [-0.2, -0.15) is 0 Å². The molecule has 1 fully saturated rings. The van der Waals surface area contributed by atoms with Crippen LogP contribution in [0.5, 0.6) is 0 Å². The van der Waals surface area contributed by atoms with E-state index in [0.717, 1.165) is 19.3 Å². The highest BCUT2D eigenvalue weighted by Gasteiger charge is 2.40. The van der Waals surface area contributed by atoms with Gasteiger partial charge in [-0.15, -0.1) is 0 Å². The summed E-state index contributed by atoms with van der Waals surface area (Å²) in [4.78, 5) is 24.8. The second kappa shape index (κ2) is 8.19. The Bertz CT molecular complexity index is 355. The van der Waals surface area contributed by atoms with E-state index in [1.165, 1.54) is 12.0 Å². The van der Waals surface area contributed by atoms with Crippen LogP contribution in [0.15, 0.2) is 0 Å². The van der Waals surface area contributed by atoms with Crippen molar-refractivity contribution in [1.82, 2.24) is 10.2 Å². The molecular weight excluding hydrogens is 276 g/mol. The maximum Gasteiger partial charge on any atom is 0.317 e. The fourth-order valence-electron chi connectivity index (χ4n) is 2.72. The highest BCUT2D eigenvalue weighted by atomic mass is 16.5. The Kier molecular flexibility index (Phi) is 6.91. The summed E-state index contributed by atoms with van der Waals surface area (Å²) in [6, 6.07) is -0.378. The number of carbonyl (C=O) groups is 2. The van der Waals surface area contributed by atoms with Crippen molar-refractivity contribution in [2.45, 2.75) is 38.2 Å². The van der Waals surface area contributed by atoms with E-state index in [4.69, 9.17) is 4.74 Å². The molecule has 21 heavy (non-hydrogen) atoms. The average molecular weight is 302 g/mol. The third-order valence-electron chi connectivity index (χ3n) is 4.03. The van der Waals surface area contributed by atoms with Crippen LogP contribution in [0.1, 0.15) is 32.1 Å². The summed E-state index contributed by atoms with van der Waals surface area (Å²) in [6.45, 7) is 0.419. The second-order valence-corrected chi connectivity index (χ2v) is 5.79. The minimum Gasteiger partial charge on any atom is -0.481 e. The van der Waals surface area contributed by atoms with Crippen LogP contribution in [-0.4, -0.2) is 67.1 Å². The van der Waals surface area contributed by atoms with Gasteiger partial charge in [0, 0.05) is 20.7 Å². The number of hydrogen-bond donors (Lipinski definition) is 3. The summed E-state index contributed by atoms with van der Waals surface area (Å²) in [6.07, 6.45) is 3.24. The number of rotatable bonds is 7. The fourth-order valence-corrected chi connectivity index (χ4v) is 2.72. The molecule has 0 aromatic carbocycles. The number of carboxylic acid groups (broad SMARTS) is 1. The summed E-state index contributed by atoms with van der Waals surface area (Å²) >= 11 is 0. The molecule has 1 aliphatic carbocycles. The van der Waals surface area contributed by atoms with Crippen molar-refractivity contribution in [3.05, 3.63) is 0 Å². The first kappa shape index (κ1) is 17.7. The lowest BCUT2D eigenvalue weighted by Gasteiger charge is -2.33. The van der Waals surface area contributed by atoms with Gasteiger partial charge in [-0.1, -0.05) is 19.3 Å². The Labute approximate surface area is 125 Å². The zero-order chi connectivity index (χ0) is 15.9. The Balaban J connectivity index is 2.48. The molecule has 0 spiro atoms. The highest BCUT2D eigenvalue weighted by Crippen LogP contribution is 2.36. The van der Waals surface area contributed by atoms with Crippen LogP contribution in [-0.2, 0) is 9.53 Å². The third kappa shape index (κ3) is 5.17. The standard InChI is InChI=1S/C14H26N2O5/c1-16(8-11(17)9-21-2)13(20)15-10-14(12(18)19)6-4-3-5-7-14/h11,17H,3-10H2,1-2H3,(H,15,20)(H,18,19). The van der Waals surface area contributed by atoms with Gasteiger partial charge < -0.3 is 25.2 Å². The van der Waals surface area contributed by atoms with E-state index in [1.54, 1.807) is 7.05 Å². The van der Waals surface area contributed by atoms with Gasteiger partial charge in [-0.05, 0) is 12.8 Å². The lowest BCUT2D eigenvalue weighted by molar-refractivity contribution is -0.150. The van der Waals surface area contributed by atoms with Crippen LogP contribution in [0.2, 0.25) is 0 Å². The lowest BCUT2D eigenvalue weighted by Crippen LogP contribution is -2.49. The Morgan fingerprint density at radius 1 is 1.33 bits per heavy atom. The van der Waals surface area contributed by atoms with Gasteiger partial charge in [-0.3, -0.25) is 4.79 Å². The minimum atomic E-state index is -0.847. The van der Waals surface area contributed by atoms with Gasteiger partial charge in [-0.25, -0.2) is 4.79 Å². The van der Waals surface area contributed by atoms with E-state index in [0.29, 0.717) is 12.8 Å². The summed E-state index contributed by atoms with van der Waals surface area (Å²) in [5.74, 6) is -0.843. The molecule has 1 atom stereocenters. The Hall–Kier alpha value is -1.34. The summed E-state index contributed by atoms with van der Waals surface area (Å²) < 4.78 is 4.80. The van der Waals surface area contributed by atoms with Crippen LogP contribution < -0.4 is 5.32 Å². The van der Waals surface area contributed by atoms with Gasteiger partial charge in [0.2, 0.25) is 0 Å². The first-order valence-electron chi connectivity index (χ1n) is 7.30. The number of carboxylic acids is 1. The molecule has 0 radical (unpaired) electrons. The summed E-state index contributed by atoms with van der Waals surface area (Å²) in [5, 5.41) is 21.7. The zero-order valence-electron chi connectivity index (χ0n) is 12.8. The quantitative estimate of drug-likeness (QED) is 0.642. The number of likely N-dealkylation sites (N-methyl/N-ethyl adjacent to an activating group) is 1. The molecule has 1 unspecified atom stereocenters. The molecule has 7 nitrogen and oxygen atoms in total. The highest BCUT2D eigenvalue weighted by molar-refractivity contribution is 5.78. The Morgan fingerprint density at radius 2 is 1.95 bits per heavy atom. The summed E-state index contributed by atoms with van der Waals surface area (Å²) in [7, 11) is 3.03. The predicted molar refractivity (Wildman–Crippen MR) is 77.1 cm³/mol. The average Bonchev–Trinajstić information content (AvgIpc) is 2.45. The molecule has 1 aliphatic rings. The van der Waals surface area contributed by atoms with Crippen molar-refractivity contribution in [3.63, 3.8) is 0 Å². The molecule has 0 aliphatic heterocycles. The van der Waals surface area contributed by atoms with Crippen LogP contribution in [0.25, 0.3) is 0 Å². The Morgan fingerprint density at radius 3 is 2.48 bits per heavy atom.